The highest BCUT2D eigenvalue weighted by atomic mass is 16.5. The van der Waals surface area contributed by atoms with Crippen LogP contribution in [0.5, 0.6) is 11.5 Å². The van der Waals surface area contributed by atoms with Gasteiger partial charge in [-0.1, -0.05) is 69.3 Å². The maximum atomic E-state index is 11.4. The zero-order valence-corrected chi connectivity index (χ0v) is 20.0. The third-order valence-corrected chi connectivity index (χ3v) is 6.08. The van der Waals surface area contributed by atoms with Crippen molar-refractivity contribution in [2.24, 2.45) is 0 Å². The Morgan fingerprint density at radius 3 is 2.21 bits per heavy atom. The van der Waals surface area contributed by atoms with Gasteiger partial charge in [0, 0.05) is 16.7 Å². The molecule has 178 valence electrons. The molecule has 4 rings (SSSR count). The van der Waals surface area contributed by atoms with E-state index in [0.29, 0.717) is 29.9 Å². The number of phenolic OH excluding ortho intramolecular Hbond substituents is 2. The standard InChI is InChI=1S/C29H32O5/c1-29(2,3)22-9-10-24-20(17-22)8-11-25(31)26(24)27-23-7-5-4-6-19(23)16-21(28(27)32)18-34-15-14-33-13-12-30/h4-11,16-17,30-32H,12-15,18H2,1-3H3. The number of rotatable bonds is 8. The molecule has 3 N–H and O–H groups in total. The lowest BCUT2D eigenvalue weighted by Gasteiger charge is -2.21. The van der Waals surface area contributed by atoms with E-state index in [-0.39, 0.29) is 36.7 Å². The maximum Gasteiger partial charge on any atom is 0.129 e. The Balaban J connectivity index is 1.83. The lowest BCUT2D eigenvalue weighted by atomic mass is 9.84. The van der Waals surface area contributed by atoms with Crippen LogP contribution in [0.1, 0.15) is 31.9 Å². The molecule has 0 aliphatic carbocycles. The normalized spacial score (nSPS) is 12.0. The predicted molar refractivity (Wildman–Crippen MR) is 136 cm³/mol. The Labute approximate surface area is 200 Å². The maximum absolute atomic E-state index is 11.4. The van der Waals surface area contributed by atoms with Crippen LogP contribution >= 0.6 is 0 Å². The minimum absolute atomic E-state index is 0.000772. The van der Waals surface area contributed by atoms with Crippen molar-refractivity contribution in [1.29, 1.82) is 0 Å². The molecule has 0 bridgehead atoms. The first-order chi connectivity index (χ1) is 16.3. The molecule has 0 saturated heterocycles. The van der Waals surface area contributed by atoms with E-state index in [9.17, 15) is 10.2 Å². The topological polar surface area (TPSA) is 79.2 Å². The van der Waals surface area contributed by atoms with Gasteiger partial charge < -0.3 is 24.8 Å². The van der Waals surface area contributed by atoms with Crippen molar-refractivity contribution < 1.29 is 24.8 Å². The summed E-state index contributed by atoms with van der Waals surface area (Å²) < 4.78 is 11.0. The van der Waals surface area contributed by atoms with Gasteiger partial charge in [-0.05, 0) is 44.7 Å². The molecule has 0 fully saturated rings. The van der Waals surface area contributed by atoms with Crippen molar-refractivity contribution in [2.45, 2.75) is 32.8 Å². The average molecular weight is 461 g/mol. The van der Waals surface area contributed by atoms with E-state index in [0.717, 1.165) is 21.5 Å². The number of benzene rings is 4. The summed E-state index contributed by atoms with van der Waals surface area (Å²) in [7, 11) is 0. The quantitative estimate of drug-likeness (QED) is 0.286. The number of ether oxygens (including phenoxy) is 2. The number of phenols is 2. The number of fused-ring (bicyclic) bond motifs is 2. The van der Waals surface area contributed by atoms with Crippen LogP contribution in [0.4, 0.5) is 0 Å². The third-order valence-electron chi connectivity index (χ3n) is 6.08. The Bertz CT molecular complexity index is 1300. The molecule has 34 heavy (non-hydrogen) atoms. The summed E-state index contributed by atoms with van der Waals surface area (Å²) in [5.41, 5.74) is 3.05. The molecule has 0 unspecified atom stereocenters. The largest absolute Gasteiger partial charge is 0.507 e. The number of aromatic hydroxyl groups is 2. The molecule has 5 nitrogen and oxygen atoms in total. The Kier molecular flexibility index (Phi) is 7.08. The Hall–Kier alpha value is -3.12. The summed E-state index contributed by atoms with van der Waals surface area (Å²) >= 11 is 0. The second kappa shape index (κ2) is 10.0. The fraction of sp³-hybridized carbons (Fsp3) is 0.310. The first-order valence-electron chi connectivity index (χ1n) is 11.6. The van der Waals surface area contributed by atoms with Crippen molar-refractivity contribution in [3.63, 3.8) is 0 Å². The summed E-state index contributed by atoms with van der Waals surface area (Å²) in [4.78, 5) is 0. The first kappa shape index (κ1) is 24.0. The number of hydrogen-bond donors (Lipinski definition) is 3. The van der Waals surface area contributed by atoms with Crippen LogP contribution in [-0.4, -0.2) is 41.7 Å². The van der Waals surface area contributed by atoms with Gasteiger partial charge in [0.25, 0.3) is 0 Å². The van der Waals surface area contributed by atoms with Crippen molar-refractivity contribution >= 4 is 21.5 Å². The molecule has 4 aromatic carbocycles. The molecule has 0 saturated carbocycles. The predicted octanol–water partition coefficient (Wildman–Crippen LogP) is 5.89. The van der Waals surface area contributed by atoms with Crippen molar-refractivity contribution in [3.8, 4) is 22.6 Å². The molecule has 0 atom stereocenters. The van der Waals surface area contributed by atoms with Crippen LogP contribution in [-0.2, 0) is 21.5 Å². The van der Waals surface area contributed by atoms with Crippen LogP contribution in [0.3, 0.4) is 0 Å². The van der Waals surface area contributed by atoms with E-state index in [2.05, 4.69) is 32.9 Å². The fourth-order valence-corrected chi connectivity index (χ4v) is 4.27. The van der Waals surface area contributed by atoms with Gasteiger partial charge in [-0.25, -0.2) is 0 Å². The smallest absolute Gasteiger partial charge is 0.129 e. The highest BCUT2D eigenvalue weighted by Crippen LogP contribution is 2.46. The van der Waals surface area contributed by atoms with Crippen molar-refractivity contribution in [3.05, 3.63) is 71.8 Å². The molecule has 0 heterocycles. The van der Waals surface area contributed by atoms with Crippen LogP contribution in [0.25, 0.3) is 32.7 Å². The molecule has 0 amide bonds. The van der Waals surface area contributed by atoms with E-state index in [1.54, 1.807) is 6.07 Å². The molecule has 0 aliphatic rings. The number of aliphatic hydroxyl groups excluding tert-OH is 1. The molecule has 0 aliphatic heterocycles. The highest BCUT2D eigenvalue weighted by molar-refractivity contribution is 6.10. The van der Waals surface area contributed by atoms with E-state index in [1.807, 2.05) is 42.5 Å². The summed E-state index contributed by atoms with van der Waals surface area (Å²) in [6, 6.07) is 19.6. The molecular weight excluding hydrogens is 428 g/mol. The lowest BCUT2D eigenvalue weighted by Crippen LogP contribution is -2.10. The van der Waals surface area contributed by atoms with Gasteiger partial charge in [0.2, 0.25) is 0 Å². The Morgan fingerprint density at radius 1 is 0.735 bits per heavy atom. The lowest BCUT2D eigenvalue weighted by molar-refractivity contribution is 0.0270. The van der Waals surface area contributed by atoms with Crippen LogP contribution in [0.15, 0.2) is 60.7 Å². The van der Waals surface area contributed by atoms with Gasteiger partial charge in [0.15, 0.2) is 0 Å². The van der Waals surface area contributed by atoms with Gasteiger partial charge in [-0.2, -0.15) is 0 Å². The molecule has 5 heteroatoms. The molecule has 0 aromatic heterocycles. The number of hydrogen-bond acceptors (Lipinski definition) is 5. The van der Waals surface area contributed by atoms with Crippen LogP contribution < -0.4 is 0 Å². The van der Waals surface area contributed by atoms with Gasteiger partial charge in [0.1, 0.15) is 11.5 Å². The average Bonchev–Trinajstić information content (AvgIpc) is 2.81. The molecule has 4 aromatic rings. The first-order valence-corrected chi connectivity index (χ1v) is 11.6. The summed E-state index contributed by atoms with van der Waals surface area (Å²) in [6.45, 7) is 7.67. The van der Waals surface area contributed by atoms with Crippen LogP contribution in [0.2, 0.25) is 0 Å². The van der Waals surface area contributed by atoms with Gasteiger partial charge in [-0.15, -0.1) is 0 Å². The molecule has 0 radical (unpaired) electrons. The zero-order chi connectivity index (χ0) is 24.3. The SMILES string of the molecule is CC(C)(C)c1ccc2c(-c3c(O)c(COCCOCCO)cc4ccccc34)c(O)ccc2c1. The minimum atomic E-state index is -0.0272. The second-order valence-corrected chi connectivity index (χ2v) is 9.51. The van der Waals surface area contributed by atoms with E-state index >= 15 is 0 Å². The summed E-state index contributed by atoms with van der Waals surface area (Å²) in [5, 5.41) is 34.9. The Morgan fingerprint density at radius 2 is 1.44 bits per heavy atom. The zero-order valence-electron chi connectivity index (χ0n) is 20.0. The fourth-order valence-electron chi connectivity index (χ4n) is 4.27. The monoisotopic (exact) mass is 460 g/mol. The number of aliphatic hydroxyl groups is 1. The second-order valence-electron chi connectivity index (χ2n) is 9.51. The molecule has 0 spiro atoms. The molecular formula is C29H32O5. The van der Waals surface area contributed by atoms with E-state index in [4.69, 9.17) is 14.6 Å². The van der Waals surface area contributed by atoms with Gasteiger partial charge in [0.05, 0.1) is 33.0 Å². The minimum Gasteiger partial charge on any atom is -0.507 e. The summed E-state index contributed by atoms with van der Waals surface area (Å²) in [6.07, 6.45) is 0. The summed E-state index contributed by atoms with van der Waals surface area (Å²) in [5.74, 6) is 0.213. The van der Waals surface area contributed by atoms with Gasteiger partial charge in [-0.3, -0.25) is 0 Å². The third kappa shape index (κ3) is 4.87. The van der Waals surface area contributed by atoms with Gasteiger partial charge >= 0.3 is 0 Å². The van der Waals surface area contributed by atoms with Crippen molar-refractivity contribution in [1.82, 2.24) is 0 Å². The van der Waals surface area contributed by atoms with Crippen LogP contribution in [0, 0.1) is 0 Å². The highest BCUT2D eigenvalue weighted by Gasteiger charge is 2.21. The van der Waals surface area contributed by atoms with Crippen molar-refractivity contribution in [2.75, 3.05) is 26.4 Å². The van der Waals surface area contributed by atoms with E-state index < -0.39 is 0 Å². The van der Waals surface area contributed by atoms with E-state index in [1.165, 1.54) is 5.56 Å².